The Kier molecular flexibility index (Phi) is 4.41. The summed E-state index contributed by atoms with van der Waals surface area (Å²) in [6.07, 6.45) is -0.774. The average molecular weight is 404 g/mol. The number of methoxy groups -OCH3 is 1. The first-order chi connectivity index (χ1) is 11.6. The lowest BCUT2D eigenvalue weighted by Gasteiger charge is -2.29. The molecule has 0 saturated heterocycles. The Morgan fingerprint density at radius 2 is 1.96 bits per heavy atom. The van der Waals surface area contributed by atoms with E-state index in [2.05, 4.69) is 10.0 Å². The SMILES string of the molecule is COc1cccc([C@@H]2Nc3cc(Cl)c(S(N)(=O)=O)cc3S(=O)(=O)N2)c1. The molecular weight excluding hydrogens is 390 g/mol. The van der Waals surface area contributed by atoms with Gasteiger partial charge in [0.1, 0.15) is 21.7 Å². The number of ether oxygens (including phenoxy) is 1. The Hall–Kier alpha value is -1.85. The fourth-order valence-electron chi connectivity index (χ4n) is 2.46. The first-order valence-corrected chi connectivity index (χ1v) is 10.3. The number of fused-ring (bicyclic) bond motifs is 1. The van der Waals surface area contributed by atoms with Gasteiger partial charge in [0, 0.05) is 0 Å². The predicted octanol–water partition coefficient (Wildman–Crippen LogP) is 1.40. The largest absolute Gasteiger partial charge is 0.497 e. The van der Waals surface area contributed by atoms with E-state index in [1.807, 2.05) is 0 Å². The average Bonchev–Trinajstić information content (AvgIpc) is 2.52. The van der Waals surface area contributed by atoms with E-state index in [-0.39, 0.29) is 15.6 Å². The van der Waals surface area contributed by atoms with Crippen LogP contribution in [-0.2, 0) is 20.0 Å². The maximum Gasteiger partial charge on any atom is 0.244 e. The number of halogens is 1. The molecular formula is C14H14ClN3O5S2. The van der Waals surface area contributed by atoms with Gasteiger partial charge >= 0.3 is 0 Å². The first-order valence-electron chi connectivity index (χ1n) is 6.91. The molecule has 11 heteroatoms. The summed E-state index contributed by atoms with van der Waals surface area (Å²) < 4.78 is 55.8. The van der Waals surface area contributed by atoms with E-state index in [1.54, 1.807) is 24.3 Å². The Labute approximate surface area is 150 Å². The summed E-state index contributed by atoms with van der Waals surface area (Å²) in [5.41, 5.74) is 0.782. The van der Waals surface area contributed by atoms with Crippen LogP contribution < -0.4 is 19.9 Å². The number of primary sulfonamides is 1. The number of sulfonamides is 2. The van der Waals surface area contributed by atoms with Crippen LogP contribution in [0.1, 0.15) is 11.7 Å². The second-order valence-corrected chi connectivity index (χ2v) is 8.92. The van der Waals surface area contributed by atoms with Crippen molar-refractivity contribution in [2.45, 2.75) is 16.0 Å². The molecule has 1 aliphatic rings. The lowest BCUT2D eigenvalue weighted by Crippen LogP contribution is -2.38. The second kappa shape index (κ2) is 6.15. The predicted molar refractivity (Wildman–Crippen MR) is 92.5 cm³/mol. The molecule has 1 heterocycles. The Bertz CT molecular complexity index is 1050. The van der Waals surface area contributed by atoms with Gasteiger partial charge < -0.3 is 10.1 Å². The van der Waals surface area contributed by atoms with Crippen LogP contribution in [0.3, 0.4) is 0 Å². The van der Waals surface area contributed by atoms with Crippen molar-refractivity contribution in [2.24, 2.45) is 5.14 Å². The van der Waals surface area contributed by atoms with Crippen LogP contribution in [0.5, 0.6) is 5.75 Å². The molecule has 8 nitrogen and oxygen atoms in total. The van der Waals surface area contributed by atoms with Crippen LogP contribution >= 0.6 is 11.6 Å². The van der Waals surface area contributed by atoms with Gasteiger partial charge in [0.2, 0.25) is 20.0 Å². The smallest absolute Gasteiger partial charge is 0.244 e. The monoisotopic (exact) mass is 403 g/mol. The summed E-state index contributed by atoms with van der Waals surface area (Å²) in [7, 11) is -6.65. The highest BCUT2D eigenvalue weighted by Gasteiger charge is 2.32. The normalized spacial score (nSPS) is 18.9. The van der Waals surface area contributed by atoms with Crippen molar-refractivity contribution in [3.63, 3.8) is 0 Å². The molecule has 4 N–H and O–H groups in total. The zero-order chi connectivity index (χ0) is 18.4. The maximum atomic E-state index is 12.5. The number of nitrogens with one attached hydrogen (secondary N) is 2. The molecule has 3 rings (SSSR count). The fraction of sp³-hybridized carbons (Fsp3) is 0.143. The van der Waals surface area contributed by atoms with E-state index in [0.717, 1.165) is 6.07 Å². The highest BCUT2D eigenvalue weighted by Crippen LogP contribution is 2.36. The van der Waals surface area contributed by atoms with Crippen molar-refractivity contribution in [2.75, 3.05) is 12.4 Å². The van der Waals surface area contributed by atoms with Gasteiger partial charge in [-0.25, -0.2) is 22.0 Å². The Balaban J connectivity index is 2.11. The molecule has 2 aromatic rings. The second-order valence-electron chi connectivity index (χ2n) is 5.30. The molecule has 0 aromatic heterocycles. The van der Waals surface area contributed by atoms with Crippen molar-refractivity contribution in [1.29, 1.82) is 0 Å². The summed E-state index contributed by atoms with van der Waals surface area (Å²) in [5.74, 6) is 0.562. The molecule has 1 aliphatic heterocycles. The number of nitrogens with two attached hydrogens (primary N) is 1. The summed E-state index contributed by atoms with van der Waals surface area (Å²) in [6, 6.07) is 8.99. The van der Waals surface area contributed by atoms with E-state index in [4.69, 9.17) is 21.5 Å². The third-order valence-corrected chi connectivity index (χ3v) is 6.47. The van der Waals surface area contributed by atoms with Gasteiger partial charge in [0.25, 0.3) is 0 Å². The Morgan fingerprint density at radius 1 is 1.24 bits per heavy atom. The van der Waals surface area contributed by atoms with E-state index in [9.17, 15) is 16.8 Å². The number of anilines is 1. The molecule has 1 atom stereocenters. The van der Waals surface area contributed by atoms with Crippen molar-refractivity contribution >= 4 is 37.3 Å². The van der Waals surface area contributed by atoms with Crippen LogP contribution in [0, 0.1) is 0 Å². The van der Waals surface area contributed by atoms with Crippen LogP contribution in [0.25, 0.3) is 0 Å². The molecule has 0 saturated carbocycles. The van der Waals surface area contributed by atoms with Crippen LogP contribution in [0.15, 0.2) is 46.2 Å². The lowest BCUT2D eigenvalue weighted by atomic mass is 10.1. The van der Waals surface area contributed by atoms with Gasteiger partial charge in [-0.3, -0.25) is 0 Å². The van der Waals surface area contributed by atoms with Crippen molar-refractivity contribution in [3.8, 4) is 5.75 Å². The topological polar surface area (TPSA) is 128 Å². The molecule has 0 aliphatic carbocycles. The first kappa shape index (κ1) is 18.0. The van der Waals surface area contributed by atoms with E-state index < -0.39 is 31.1 Å². The number of hydrogen-bond acceptors (Lipinski definition) is 6. The van der Waals surface area contributed by atoms with E-state index >= 15 is 0 Å². The van der Waals surface area contributed by atoms with Gasteiger partial charge in [-0.15, -0.1) is 0 Å². The summed E-state index contributed by atoms with van der Waals surface area (Å²) >= 11 is 5.95. The molecule has 0 fully saturated rings. The molecule has 0 spiro atoms. The molecule has 134 valence electrons. The molecule has 0 radical (unpaired) electrons. The van der Waals surface area contributed by atoms with E-state index in [0.29, 0.717) is 11.3 Å². The van der Waals surface area contributed by atoms with Gasteiger partial charge in [0.05, 0.1) is 17.8 Å². The van der Waals surface area contributed by atoms with Crippen molar-refractivity contribution < 1.29 is 21.6 Å². The quantitative estimate of drug-likeness (QED) is 0.710. The highest BCUT2D eigenvalue weighted by atomic mass is 35.5. The van der Waals surface area contributed by atoms with Crippen LogP contribution in [0.2, 0.25) is 5.02 Å². The lowest BCUT2D eigenvalue weighted by molar-refractivity contribution is 0.413. The zero-order valence-electron chi connectivity index (χ0n) is 12.9. The third-order valence-electron chi connectivity index (χ3n) is 3.63. The van der Waals surface area contributed by atoms with Crippen molar-refractivity contribution in [3.05, 3.63) is 47.0 Å². The Morgan fingerprint density at radius 3 is 2.60 bits per heavy atom. The van der Waals surface area contributed by atoms with Gasteiger partial charge in [0.15, 0.2) is 0 Å². The minimum Gasteiger partial charge on any atom is -0.497 e. The van der Waals surface area contributed by atoms with E-state index in [1.165, 1.54) is 13.2 Å². The number of rotatable bonds is 3. The van der Waals surface area contributed by atoms with Gasteiger partial charge in [-0.1, -0.05) is 23.7 Å². The third kappa shape index (κ3) is 3.44. The molecule has 25 heavy (non-hydrogen) atoms. The highest BCUT2D eigenvalue weighted by molar-refractivity contribution is 7.90. The van der Waals surface area contributed by atoms with Crippen LogP contribution in [0.4, 0.5) is 5.69 Å². The summed E-state index contributed by atoms with van der Waals surface area (Å²) in [6.45, 7) is 0. The standard InChI is InChI=1S/C14H14ClN3O5S2/c1-23-9-4-2-3-8(5-9)14-17-11-6-10(15)12(24(16,19)20)7-13(11)25(21,22)18-14/h2-7,14,17-18H,1H3,(H2,16,19,20)/t14-/m1/s1. The molecule has 2 aromatic carbocycles. The minimum atomic E-state index is -4.16. The van der Waals surface area contributed by atoms with Gasteiger partial charge in [-0.05, 0) is 29.8 Å². The van der Waals surface area contributed by atoms with Crippen LogP contribution in [-0.4, -0.2) is 23.9 Å². The molecule has 0 unspecified atom stereocenters. The fourth-order valence-corrected chi connectivity index (χ4v) is 4.95. The molecule has 0 amide bonds. The maximum absolute atomic E-state index is 12.5. The zero-order valence-corrected chi connectivity index (χ0v) is 15.2. The minimum absolute atomic E-state index is 0.170. The number of benzene rings is 2. The van der Waals surface area contributed by atoms with Crippen molar-refractivity contribution in [1.82, 2.24) is 4.72 Å². The summed E-state index contributed by atoms with van der Waals surface area (Å²) in [4.78, 5) is -0.708. The molecule has 0 bridgehead atoms. The number of hydrogen-bond donors (Lipinski definition) is 3. The van der Waals surface area contributed by atoms with Gasteiger partial charge in [-0.2, -0.15) is 4.72 Å². The summed E-state index contributed by atoms with van der Waals surface area (Å²) in [5, 5.41) is 7.87.